The van der Waals surface area contributed by atoms with Crippen LogP contribution in [-0.4, -0.2) is 24.8 Å². The van der Waals surface area contributed by atoms with Gasteiger partial charge in [-0.15, -0.1) is 11.8 Å². The number of hydrogen-bond acceptors (Lipinski definition) is 4. The molecular weight excluding hydrogens is 311 g/mol. The van der Waals surface area contributed by atoms with Crippen molar-refractivity contribution in [1.29, 1.82) is 0 Å². The topological polar surface area (TPSA) is 57.5 Å². The Hall–Kier alpha value is -1.07. The molecule has 6 heteroatoms. The minimum absolute atomic E-state index is 0. The molecule has 1 rings (SSSR count). The number of methoxy groups -OCH3 is 2. The number of esters is 1. The van der Waals surface area contributed by atoms with Gasteiger partial charge >= 0.3 is 5.97 Å². The molecule has 0 amide bonds. The van der Waals surface area contributed by atoms with E-state index < -0.39 is 5.97 Å². The number of carbonyl (C=O) groups is 1. The first-order chi connectivity index (χ1) is 7.61. The van der Waals surface area contributed by atoms with Crippen LogP contribution >= 0.6 is 0 Å². The molecule has 0 atom stereocenters. The Morgan fingerprint density at radius 1 is 1.39 bits per heavy atom. The van der Waals surface area contributed by atoms with Crippen molar-refractivity contribution in [2.75, 3.05) is 14.2 Å². The molecule has 0 aliphatic heterocycles. The fourth-order valence-corrected chi connectivity index (χ4v) is 1.21. The van der Waals surface area contributed by atoms with E-state index in [0.29, 0.717) is 5.69 Å². The summed E-state index contributed by atoms with van der Waals surface area (Å²) in [7, 11) is 2.60. The molecule has 0 aliphatic carbocycles. The van der Waals surface area contributed by atoms with E-state index in [9.17, 15) is 9.59 Å². The predicted octanol–water partition coefficient (Wildman–Crippen LogP) is 1.10. The van der Waals surface area contributed by atoms with Gasteiger partial charge in [0.2, 0.25) is 0 Å². The Morgan fingerprint density at radius 2 is 2.00 bits per heavy atom. The van der Waals surface area contributed by atoms with Crippen molar-refractivity contribution >= 4 is 11.7 Å². The zero-order valence-corrected chi connectivity index (χ0v) is 13.5. The Labute approximate surface area is 132 Å². The van der Waals surface area contributed by atoms with Crippen molar-refractivity contribution in [2.45, 2.75) is 0 Å². The van der Waals surface area contributed by atoms with Crippen LogP contribution in [0.1, 0.15) is 5.69 Å². The third-order valence-corrected chi connectivity index (χ3v) is 1.90. The normalized spacial score (nSPS) is 9.78. The van der Waals surface area contributed by atoms with Gasteiger partial charge in [-0.3, -0.25) is 4.79 Å². The van der Waals surface area contributed by atoms with Gasteiger partial charge in [-0.1, -0.05) is 0 Å². The number of carbonyl (C=O) groups excluding carboxylic acids is 1. The molecule has 0 fully saturated rings. The first kappa shape index (κ1) is 19.3. The molecule has 5 nitrogen and oxygen atoms in total. The first-order valence-electron chi connectivity index (χ1n) is 4.47. The number of ether oxygens (including phenoxy) is 2. The summed E-state index contributed by atoms with van der Waals surface area (Å²) in [5.41, 5.74) is -0.0111. The van der Waals surface area contributed by atoms with Gasteiger partial charge in [0.1, 0.15) is 6.26 Å². The summed E-state index contributed by atoms with van der Waals surface area (Å²) >= 11 is 0. The van der Waals surface area contributed by atoms with Gasteiger partial charge in [-0.2, -0.15) is 6.07 Å². The molecule has 0 aromatic carbocycles. The molecule has 0 spiro atoms. The maximum atomic E-state index is 11.6. The summed E-state index contributed by atoms with van der Waals surface area (Å²) in [4.78, 5) is 23.0. The Balaban J connectivity index is 0. The Morgan fingerprint density at radius 3 is 2.44 bits per heavy atom. The van der Waals surface area contributed by atoms with Gasteiger partial charge in [0.25, 0.3) is 5.56 Å². The van der Waals surface area contributed by atoms with Crippen LogP contribution in [0.4, 0.5) is 0 Å². The van der Waals surface area contributed by atoms with Crippen molar-refractivity contribution in [3.8, 4) is 0 Å². The summed E-state index contributed by atoms with van der Waals surface area (Å²) in [6, 6.07) is 4.48. The molecule has 1 aromatic heterocycles. The van der Waals surface area contributed by atoms with Crippen molar-refractivity contribution in [3.05, 3.63) is 54.9 Å². The van der Waals surface area contributed by atoms with Crippen LogP contribution in [0.25, 0.3) is 5.70 Å². The average molecular weight is 326 g/mol. The second kappa shape index (κ2) is 8.94. The maximum Gasteiger partial charge on any atom is 0.358 e. The summed E-state index contributed by atoms with van der Waals surface area (Å²) in [6.07, 6.45) is 1.14. The maximum absolute atomic E-state index is 11.6. The molecule has 1 aromatic rings. The van der Waals surface area contributed by atoms with Gasteiger partial charge < -0.3 is 21.5 Å². The fourth-order valence-electron chi connectivity index (χ4n) is 1.21. The molecule has 0 aliphatic rings. The quantitative estimate of drug-likeness (QED) is 0.361. The molecule has 0 bridgehead atoms. The molecule has 1 heterocycles. The monoisotopic (exact) mass is 326 g/mol. The summed E-state index contributed by atoms with van der Waals surface area (Å²) in [5, 5.41) is 0. The number of aromatic nitrogens is 1. The van der Waals surface area contributed by atoms with Crippen LogP contribution in [-0.2, 0) is 47.0 Å². The molecule has 18 heavy (non-hydrogen) atoms. The molecule has 0 unspecified atom stereocenters. The van der Waals surface area contributed by atoms with Crippen LogP contribution in [0.15, 0.2) is 29.3 Å². The van der Waals surface area contributed by atoms with Crippen LogP contribution < -0.4 is 5.56 Å². The van der Waals surface area contributed by atoms with Crippen LogP contribution in [0, 0.1) is 14.4 Å². The Bertz CT molecular complexity index is 479. The van der Waals surface area contributed by atoms with Crippen LogP contribution in [0.3, 0.4) is 0 Å². The fraction of sp³-hybridized carbons (Fsp3) is 0.167. The van der Waals surface area contributed by atoms with E-state index in [0.717, 1.165) is 10.8 Å². The van der Waals surface area contributed by atoms with Crippen molar-refractivity contribution in [2.24, 2.45) is 0 Å². The number of pyridine rings is 1. The van der Waals surface area contributed by atoms with Crippen molar-refractivity contribution < 1.29 is 47.0 Å². The molecule has 0 saturated heterocycles. The Kier molecular flexibility index (Phi) is 9.58. The van der Waals surface area contributed by atoms with E-state index in [1.54, 1.807) is 12.1 Å². The van der Waals surface area contributed by atoms with Gasteiger partial charge in [0.05, 0.1) is 14.2 Å². The minimum Gasteiger partial charge on any atom is -0.502 e. The number of nitrogens with zero attached hydrogens (tertiary/aromatic N) is 1. The van der Waals surface area contributed by atoms with E-state index in [1.807, 2.05) is 0 Å². The van der Waals surface area contributed by atoms with E-state index in [2.05, 4.69) is 11.7 Å². The van der Waals surface area contributed by atoms with Gasteiger partial charge in [-0.05, 0) is 6.07 Å². The van der Waals surface area contributed by atoms with Crippen molar-refractivity contribution in [3.63, 3.8) is 0 Å². The van der Waals surface area contributed by atoms with Crippen LogP contribution in [0.5, 0.6) is 0 Å². The zero-order chi connectivity index (χ0) is 12.1. The van der Waals surface area contributed by atoms with Gasteiger partial charge in [0.15, 0.2) is 5.70 Å². The van der Waals surface area contributed by atoms with E-state index in [4.69, 9.17) is 4.74 Å². The largest absolute Gasteiger partial charge is 0.502 e. The third-order valence-electron chi connectivity index (χ3n) is 1.90. The molecule has 0 N–H and O–H groups in total. The molecular formula is C12H15NO4Y-2. The van der Waals surface area contributed by atoms with Gasteiger partial charge in [-0.25, -0.2) is 11.7 Å². The van der Waals surface area contributed by atoms with E-state index in [-0.39, 0.29) is 51.4 Å². The van der Waals surface area contributed by atoms with Crippen LogP contribution in [0.2, 0.25) is 0 Å². The van der Waals surface area contributed by atoms with Crippen molar-refractivity contribution in [1.82, 2.24) is 4.57 Å². The summed E-state index contributed by atoms with van der Waals surface area (Å²) in [5.74, 6) is -0.667. The molecule has 0 saturated carbocycles. The average Bonchev–Trinajstić information content (AvgIpc) is 2.26. The third kappa shape index (κ3) is 4.31. The first-order valence-corrected chi connectivity index (χ1v) is 4.47. The van der Waals surface area contributed by atoms with Gasteiger partial charge in [0, 0.05) is 32.7 Å². The summed E-state index contributed by atoms with van der Waals surface area (Å²) < 4.78 is 10.4. The second-order valence-corrected chi connectivity index (χ2v) is 2.92. The van der Waals surface area contributed by atoms with E-state index >= 15 is 0 Å². The molecule has 1 radical (unpaired) electrons. The van der Waals surface area contributed by atoms with E-state index in [1.165, 1.54) is 20.3 Å². The zero-order valence-electron chi connectivity index (χ0n) is 10.7. The second-order valence-electron chi connectivity index (χ2n) is 2.92. The number of rotatable bonds is 3. The minimum atomic E-state index is -0.667. The number of hydrogen-bond donors (Lipinski definition) is 0. The SMILES string of the molecule is [CH2-]c1cccc(=O)n1/C(=C/OC)C(=O)OC.[CH3-].[Y]. The molecule has 97 valence electrons. The predicted molar refractivity (Wildman–Crippen MR) is 64.9 cm³/mol. The summed E-state index contributed by atoms with van der Waals surface area (Å²) in [6.45, 7) is 3.66. The smallest absolute Gasteiger partial charge is 0.358 e. The standard InChI is InChI=1S/C11H12NO4.CH3.Y/c1-8-5-4-6-10(13)12(8)9(7-15-2)11(14)16-3;;/h4-7H,1H2,2-3H3;1H3;/q2*-1;/b9-7+;;.